The van der Waals surface area contributed by atoms with Gasteiger partial charge in [0.1, 0.15) is 0 Å². The molecule has 2 heteroatoms. The van der Waals surface area contributed by atoms with Gasteiger partial charge in [0.25, 0.3) is 0 Å². The molecule has 2 heterocycles. The van der Waals surface area contributed by atoms with E-state index >= 15 is 0 Å². The molecule has 0 saturated carbocycles. The van der Waals surface area contributed by atoms with Crippen molar-refractivity contribution in [2.75, 3.05) is 0 Å². The molecule has 0 saturated heterocycles. The number of nitrogens with zero attached hydrogens (tertiary/aromatic N) is 2. The Morgan fingerprint density at radius 1 is 0.889 bits per heavy atom. The van der Waals surface area contributed by atoms with Gasteiger partial charge >= 0.3 is 0 Å². The average molecular weight is 240 g/mol. The van der Waals surface area contributed by atoms with Crippen molar-refractivity contribution >= 4 is 0 Å². The van der Waals surface area contributed by atoms with Crippen LogP contribution in [0.2, 0.25) is 0 Å². The van der Waals surface area contributed by atoms with Gasteiger partial charge in [0.15, 0.2) is 0 Å². The first-order chi connectivity index (χ1) is 8.90. The van der Waals surface area contributed by atoms with Crippen LogP contribution < -0.4 is 0 Å². The number of aryl methyl sites for hydroxylation is 1. The summed E-state index contributed by atoms with van der Waals surface area (Å²) < 4.78 is 0. The highest BCUT2D eigenvalue weighted by atomic mass is 14.8. The molecule has 0 N–H and O–H groups in total. The zero-order valence-electron chi connectivity index (χ0n) is 11.0. The van der Waals surface area contributed by atoms with E-state index in [9.17, 15) is 0 Å². The van der Waals surface area contributed by atoms with Gasteiger partial charge in [0, 0.05) is 11.9 Å². The van der Waals surface area contributed by atoms with E-state index < -0.39 is 0 Å². The molecule has 0 fully saturated rings. The smallest absolute Gasteiger partial charge is 0.0889 e. The molecule has 0 amide bonds. The molecule has 2 aromatic heterocycles. The van der Waals surface area contributed by atoms with Crippen LogP contribution in [0.25, 0.3) is 11.4 Å². The molecule has 2 nitrogen and oxygen atoms in total. The van der Waals surface area contributed by atoms with Gasteiger partial charge in [-0.1, -0.05) is 38.3 Å². The molecule has 18 heavy (non-hydrogen) atoms. The van der Waals surface area contributed by atoms with Gasteiger partial charge in [0.2, 0.25) is 0 Å². The van der Waals surface area contributed by atoms with Gasteiger partial charge < -0.3 is 0 Å². The van der Waals surface area contributed by atoms with E-state index in [0.29, 0.717) is 0 Å². The zero-order valence-corrected chi connectivity index (χ0v) is 11.0. The third-order valence-corrected chi connectivity index (χ3v) is 3.02. The Labute approximate surface area is 109 Å². The summed E-state index contributed by atoms with van der Waals surface area (Å²) in [5.74, 6) is 0. The van der Waals surface area contributed by atoms with Crippen LogP contribution in [0.1, 0.15) is 38.3 Å². The topological polar surface area (TPSA) is 25.8 Å². The molecule has 0 aromatic carbocycles. The maximum Gasteiger partial charge on any atom is 0.0889 e. The Morgan fingerprint density at radius 2 is 1.78 bits per heavy atom. The number of hydrogen-bond acceptors (Lipinski definition) is 2. The van der Waals surface area contributed by atoms with E-state index in [1.54, 1.807) is 0 Å². The summed E-state index contributed by atoms with van der Waals surface area (Å²) in [6.45, 7) is 2.24. The van der Waals surface area contributed by atoms with Crippen molar-refractivity contribution in [2.24, 2.45) is 0 Å². The van der Waals surface area contributed by atoms with Gasteiger partial charge in [-0.25, -0.2) is 0 Å². The van der Waals surface area contributed by atoms with E-state index in [0.717, 1.165) is 17.8 Å². The molecule has 94 valence electrons. The fourth-order valence-corrected chi connectivity index (χ4v) is 2.01. The van der Waals surface area contributed by atoms with Crippen LogP contribution in [0.15, 0.2) is 42.6 Å². The molecular formula is C16H20N2. The Kier molecular flexibility index (Phi) is 4.88. The van der Waals surface area contributed by atoms with E-state index in [4.69, 9.17) is 0 Å². The maximum atomic E-state index is 4.68. The molecule has 0 radical (unpaired) electrons. The average Bonchev–Trinajstić information content (AvgIpc) is 2.45. The van der Waals surface area contributed by atoms with Crippen LogP contribution in [0.5, 0.6) is 0 Å². The van der Waals surface area contributed by atoms with E-state index in [-0.39, 0.29) is 0 Å². The molecule has 2 rings (SSSR count). The minimum absolute atomic E-state index is 0.952. The summed E-state index contributed by atoms with van der Waals surface area (Å²) in [6.07, 6.45) is 8.01. The van der Waals surface area contributed by atoms with Crippen molar-refractivity contribution in [3.05, 3.63) is 48.3 Å². The second kappa shape index (κ2) is 6.90. The van der Waals surface area contributed by atoms with Crippen molar-refractivity contribution in [2.45, 2.75) is 39.0 Å². The van der Waals surface area contributed by atoms with E-state index in [1.165, 1.54) is 31.4 Å². The normalized spacial score (nSPS) is 10.5. The minimum Gasteiger partial charge on any atom is -0.255 e. The van der Waals surface area contributed by atoms with Crippen LogP contribution in [-0.2, 0) is 6.42 Å². The molecule has 0 aliphatic rings. The number of aromatic nitrogens is 2. The Morgan fingerprint density at radius 3 is 2.56 bits per heavy atom. The lowest BCUT2D eigenvalue weighted by Gasteiger charge is -2.04. The second-order valence-corrected chi connectivity index (χ2v) is 4.54. The fraction of sp³-hybridized carbons (Fsp3) is 0.375. The Hall–Kier alpha value is -1.70. The minimum atomic E-state index is 0.952. The first-order valence-corrected chi connectivity index (χ1v) is 6.77. The third kappa shape index (κ3) is 3.66. The first-order valence-electron chi connectivity index (χ1n) is 6.77. The van der Waals surface area contributed by atoms with Crippen molar-refractivity contribution < 1.29 is 0 Å². The fourth-order valence-electron chi connectivity index (χ4n) is 2.01. The quantitative estimate of drug-likeness (QED) is 0.705. The molecule has 0 atom stereocenters. The molecule has 0 aliphatic heterocycles. The summed E-state index contributed by atoms with van der Waals surface area (Å²) in [5.41, 5.74) is 3.10. The highest BCUT2D eigenvalue weighted by molar-refractivity contribution is 5.53. The summed E-state index contributed by atoms with van der Waals surface area (Å²) in [6, 6.07) is 12.1. The summed E-state index contributed by atoms with van der Waals surface area (Å²) >= 11 is 0. The van der Waals surface area contributed by atoms with Crippen molar-refractivity contribution in [3.63, 3.8) is 0 Å². The lowest BCUT2D eigenvalue weighted by atomic mass is 10.1. The predicted molar refractivity (Wildman–Crippen MR) is 75.3 cm³/mol. The molecule has 2 aromatic rings. The number of pyridine rings is 2. The third-order valence-electron chi connectivity index (χ3n) is 3.02. The second-order valence-electron chi connectivity index (χ2n) is 4.54. The maximum absolute atomic E-state index is 4.68. The molecule has 0 unspecified atom stereocenters. The van der Waals surface area contributed by atoms with Gasteiger partial charge in [-0.15, -0.1) is 0 Å². The number of rotatable bonds is 6. The largest absolute Gasteiger partial charge is 0.255 e. The summed E-state index contributed by atoms with van der Waals surface area (Å²) in [7, 11) is 0. The Bertz CT molecular complexity index is 466. The van der Waals surface area contributed by atoms with Crippen molar-refractivity contribution in [1.82, 2.24) is 9.97 Å². The summed E-state index contributed by atoms with van der Waals surface area (Å²) in [5, 5.41) is 0. The van der Waals surface area contributed by atoms with Crippen LogP contribution in [0, 0.1) is 0 Å². The van der Waals surface area contributed by atoms with Crippen molar-refractivity contribution in [3.8, 4) is 11.4 Å². The predicted octanol–water partition coefficient (Wildman–Crippen LogP) is 4.27. The number of hydrogen-bond donors (Lipinski definition) is 0. The van der Waals surface area contributed by atoms with Crippen LogP contribution in [-0.4, -0.2) is 9.97 Å². The monoisotopic (exact) mass is 240 g/mol. The van der Waals surface area contributed by atoms with Crippen LogP contribution >= 0.6 is 0 Å². The van der Waals surface area contributed by atoms with E-state index in [2.05, 4.69) is 29.0 Å². The van der Waals surface area contributed by atoms with Gasteiger partial charge in [-0.05, 0) is 37.1 Å². The number of unbranched alkanes of at least 4 members (excludes halogenated alkanes) is 3. The lowest BCUT2D eigenvalue weighted by Crippen LogP contribution is -1.93. The highest BCUT2D eigenvalue weighted by Gasteiger charge is 2.01. The standard InChI is InChI=1S/C16H20N2/c1-2-3-4-5-9-14-10-8-12-16(18-14)15-11-6-7-13-17-15/h6-8,10-13H,2-5,9H2,1H3. The highest BCUT2D eigenvalue weighted by Crippen LogP contribution is 2.15. The Balaban J connectivity index is 2.02. The first kappa shape index (κ1) is 12.7. The molecule has 0 bridgehead atoms. The zero-order chi connectivity index (χ0) is 12.6. The van der Waals surface area contributed by atoms with Crippen LogP contribution in [0.3, 0.4) is 0 Å². The van der Waals surface area contributed by atoms with Gasteiger partial charge in [0.05, 0.1) is 11.4 Å². The summed E-state index contributed by atoms with van der Waals surface area (Å²) in [4.78, 5) is 9.02. The molecule has 0 aliphatic carbocycles. The van der Waals surface area contributed by atoms with E-state index in [1.807, 2.05) is 30.5 Å². The SMILES string of the molecule is CCCCCCc1cccc(-c2ccccn2)n1. The molecular weight excluding hydrogens is 220 g/mol. The lowest BCUT2D eigenvalue weighted by molar-refractivity contribution is 0.661. The van der Waals surface area contributed by atoms with Gasteiger partial charge in [-0.2, -0.15) is 0 Å². The van der Waals surface area contributed by atoms with Crippen LogP contribution in [0.4, 0.5) is 0 Å². The molecule has 0 spiro atoms. The van der Waals surface area contributed by atoms with Crippen molar-refractivity contribution in [1.29, 1.82) is 0 Å². The van der Waals surface area contributed by atoms with Gasteiger partial charge in [-0.3, -0.25) is 9.97 Å².